The molecule has 198 valence electrons. The van der Waals surface area contributed by atoms with Crippen LogP contribution in [0.4, 0.5) is 37.8 Å². The Labute approximate surface area is 210 Å². The van der Waals surface area contributed by atoms with E-state index in [4.69, 9.17) is 0 Å². The second kappa shape index (κ2) is 9.75. The Hall–Kier alpha value is -3.50. The number of aromatic amines is 1. The topological polar surface area (TPSA) is 52.2 Å². The Kier molecular flexibility index (Phi) is 7.00. The number of hydrogen-bond acceptors (Lipinski definition) is 3. The van der Waals surface area contributed by atoms with Crippen molar-refractivity contribution in [1.29, 1.82) is 0 Å². The molecule has 4 rings (SSSR count). The smallest absolute Gasteiger partial charge is 0.331 e. The highest BCUT2D eigenvalue weighted by atomic mass is 19.4. The Bertz CT molecular complexity index is 1260. The molecule has 2 aromatic carbocycles. The largest absolute Gasteiger partial charge is 0.416 e. The number of aryl methyl sites for hydroxylation is 2. The third-order valence-electron chi connectivity index (χ3n) is 6.45. The minimum atomic E-state index is -4.97. The zero-order valence-electron chi connectivity index (χ0n) is 20.5. The van der Waals surface area contributed by atoms with E-state index in [2.05, 4.69) is 10.2 Å². The molecule has 1 aliphatic rings. The number of rotatable bonds is 4. The minimum absolute atomic E-state index is 0.0923. The second-order valence-corrected chi connectivity index (χ2v) is 9.34. The molecular formula is C26H26F6N4O. The summed E-state index contributed by atoms with van der Waals surface area (Å²) in [6.45, 7) is 5.23. The maximum atomic E-state index is 13.4. The Balaban J connectivity index is 1.78. The molecule has 1 amide bonds. The lowest BCUT2D eigenvalue weighted by Crippen LogP contribution is -2.33. The van der Waals surface area contributed by atoms with Gasteiger partial charge in [-0.1, -0.05) is 12.1 Å². The number of hydrogen-bond donors (Lipinski definition) is 1. The highest BCUT2D eigenvalue weighted by Gasteiger charge is 2.38. The summed E-state index contributed by atoms with van der Waals surface area (Å²) in [6.07, 6.45) is -8.84. The van der Waals surface area contributed by atoms with Gasteiger partial charge in [0, 0.05) is 37.5 Å². The maximum Gasteiger partial charge on any atom is 0.416 e. The van der Waals surface area contributed by atoms with Crippen LogP contribution in [0.1, 0.15) is 59.3 Å². The van der Waals surface area contributed by atoms with Crippen molar-refractivity contribution in [2.75, 3.05) is 11.4 Å². The van der Waals surface area contributed by atoms with Gasteiger partial charge in [0.15, 0.2) is 5.82 Å². The number of fused-ring (bicyclic) bond motifs is 1. The number of carbonyl (C=O) groups is 1. The van der Waals surface area contributed by atoms with Crippen molar-refractivity contribution in [3.63, 3.8) is 0 Å². The summed E-state index contributed by atoms with van der Waals surface area (Å²) in [5.41, 5.74) is 0.312. The van der Waals surface area contributed by atoms with Gasteiger partial charge in [-0.15, -0.1) is 0 Å². The first-order valence-corrected chi connectivity index (χ1v) is 11.7. The third kappa shape index (κ3) is 5.75. The fraction of sp³-hybridized carbons (Fsp3) is 0.385. The number of alkyl halides is 6. The van der Waals surface area contributed by atoms with Crippen LogP contribution in [0.15, 0.2) is 42.5 Å². The van der Waals surface area contributed by atoms with E-state index in [0.29, 0.717) is 37.3 Å². The van der Waals surface area contributed by atoms with Crippen molar-refractivity contribution in [2.45, 2.75) is 58.6 Å². The summed E-state index contributed by atoms with van der Waals surface area (Å²) in [7, 11) is 0. The van der Waals surface area contributed by atoms with E-state index in [1.165, 1.54) is 11.8 Å². The number of benzene rings is 2. The van der Waals surface area contributed by atoms with Crippen LogP contribution in [0.2, 0.25) is 0 Å². The van der Waals surface area contributed by atoms with E-state index in [-0.39, 0.29) is 11.6 Å². The van der Waals surface area contributed by atoms with Crippen LogP contribution >= 0.6 is 0 Å². The Morgan fingerprint density at radius 1 is 1.03 bits per heavy atom. The number of aromatic nitrogens is 2. The summed E-state index contributed by atoms with van der Waals surface area (Å²) in [4.78, 5) is 16.2. The van der Waals surface area contributed by atoms with Crippen LogP contribution in [0.3, 0.4) is 0 Å². The van der Waals surface area contributed by atoms with E-state index in [9.17, 15) is 31.1 Å². The molecular weight excluding hydrogens is 498 g/mol. The standard InChI is InChI=1S/C26H26F6N4O/c1-15-6-7-21-22(5-4-8-35(23(21)9-15)24-10-16(2)33-34-24)36(17(3)37)14-18-11-19(25(27,28)29)13-20(12-18)26(30,31)32/h6-7,9-13,22H,4-5,8,14H2,1-3H3,(H,33,34). The van der Waals surface area contributed by atoms with Gasteiger partial charge >= 0.3 is 12.4 Å². The van der Waals surface area contributed by atoms with E-state index in [0.717, 1.165) is 22.5 Å². The number of nitrogens with one attached hydrogen (secondary N) is 1. The molecule has 0 radical (unpaired) electrons. The quantitative estimate of drug-likeness (QED) is 0.371. The third-order valence-corrected chi connectivity index (χ3v) is 6.45. The van der Waals surface area contributed by atoms with Gasteiger partial charge < -0.3 is 9.80 Å². The fourth-order valence-corrected chi connectivity index (χ4v) is 4.74. The SMILES string of the molecule is CC(=O)N(Cc1cc(C(F)(F)F)cc(C(F)(F)F)c1)C1CCCN(c2cc(C)[nH]n2)c2cc(C)ccc21. The van der Waals surface area contributed by atoms with Gasteiger partial charge in [-0.2, -0.15) is 31.4 Å². The molecule has 0 spiro atoms. The highest BCUT2D eigenvalue weighted by molar-refractivity contribution is 5.75. The van der Waals surface area contributed by atoms with Crippen LogP contribution in [-0.2, 0) is 23.7 Å². The van der Waals surface area contributed by atoms with Crippen LogP contribution in [0, 0.1) is 13.8 Å². The molecule has 2 heterocycles. The first-order chi connectivity index (χ1) is 17.2. The van der Waals surface area contributed by atoms with Crippen molar-refractivity contribution in [3.05, 3.63) is 76.0 Å². The number of H-pyrrole nitrogens is 1. The lowest BCUT2D eigenvalue weighted by molar-refractivity contribution is -0.143. The average Bonchev–Trinajstić information content (AvgIpc) is 3.14. The predicted octanol–water partition coefficient (Wildman–Crippen LogP) is 7.09. The molecule has 1 atom stereocenters. The molecule has 1 aliphatic heterocycles. The van der Waals surface area contributed by atoms with Gasteiger partial charge in [-0.05, 0) is 67.6 Å². The van der Waals surface area contributed by atoms with E-state index < -0.39 is 42.0 Å². The second-order valence-electron chi connectivity index (χ2n) is 9.34. The van der Waals surface area contributed by atoms with Crippen molar-refractivity contribution in [2.24, 2.45) is 0 Å². The van der Waals surface area contributed by atoms with Crippen LogP contribution in [0.25, 0.3) is 0 Å². The number of nitrogens with zero attached hydrogens (tertiary/aromatic N) is 3. The minimum Gasteiger partial charge on any atom is -0.331 e. The first-order valence-electron chi connectivity index (χ1n) is 11.7. The highest BCUT2D eigenvalue weighted by Crippen LogP contribution is 2.42. The van der Waals surface area contributed by atoms with Crippen molar-refractivity contribution >= 4 is 17.4 Å². The monoisotopic (exact) mass is 524 g/mol. The predicted molar refractivity (Wildman–Crippen MR) is 126 cm³/mol. The molecule has 1 unspecified atom stereocenters. The van der Waals surface area contributed by atoms with Crippen LogP contribution in [0.5, 0.6) is 0 Å². The number of amides is 1. The molecule has 1 aromatic heterocycles. The maximum absolute atomic E-state index is 13.4. The summed E-state index contributed by atoms with van der Waals surface area (Å²) in [5, 5.41) is 7.27. The van der Waals surface area contributed by atoms with Gasteiger partial charge in [0.05, 0.1) is 17.2 Å². The molecule has 11 heteroatoms. The van der Waals surface area contributed by atoms with Crippen molar-refractivity contribution in [1.82, 2.24) is 15.1 Å². The molecule has 5 nitrogen and oxygen atoms in total. The van der Waals surface area contributed by atoms with E-state index >= 15 is 0 Å². The molecule has 0 saturated heterocycles. The lowest BCUT2D eigenvalue weighted by atomic mass is 9.97. The summed E-state index contributed by atoms with van der Waals surface area (Å²) in [5.74, 6) is 0.235. The summed E-state index contributed by atoms with van der Waals surface area (Å²) >= 11 is 0. The van der Waals surface area contributed by atoms with Gasteiger partial charge in [0.2, 0.25) is 5.91 Å². The Morgan fingerprint density at radius 2 is 1.68 bits per heavy atom. The molecule has 37 heavy (non-hydrogen) atoms. The fourth-order valence-electron chi connectivity index (χ4n) is 4.74. The number of anilines is 2. The molecule has 0 aliphatic carbocycles. The normalized spacial score (nSPS) is 16.4. The summed E-state index contributed by atoms with van der Waals surface area (Å²) in [6, 6.07) is 8.45. The molecule has 0 bridgehead atoms. The number of halogens is 6. The average molecular weight is 525 g/mol. The molecule has 3 aromatic rings. The summed E-state index contributed by atoms with van der Waals surface area (Å²) < 4.78 is 80.5. The van der Waals surface area contributed by atoms with Crippen LogP contribution in [-0.4, -0.2) is 27.5 Å². The van der Waals surface area contributed by atoms with Gasteiger partial charge in [0.25, 0.3) is 0 Å². The van der Waals surface area contributed by atoms with E-state index in [1.54, 1.807) is 0 Å². The van der Waals surface area contributed by atoms with Crippen LogP contribution < -0.4 is 4.90 Å². The van der Waals surface area contributed by atoms with Crippen molar-refractivity contribution in [3.8, 4) is 0 Å². The lowest BCUT2D eigenvalue weighted by Gasteiger charge is -2.32. The number of carbonyl (C=O) groups excluding carboxylic acids is 1. The van der Waals surface area contributed by atoms with Gasteiger partial charge in [0.1, 0.15) is 0 Å². The van der Waals surface area contributed by atoms with Gasteiger partial charge in [-0.3, -0.25) is 9.89 Å². The zero-order valence-corrected chi connectivity index (χ0v) is 20.5. The Morgan fingerprint density at radius 3 is 2.22 bits per heavy atom. The van der Waals surface area contributed by atoms with Gasteiger partial charge in [-0.25, -0.2) is 0 Å². The molecule has 0 saturated carbocycles. The van der Waals surface area contributed by atoms with Crippen molar-refractivity contribution < 1.29 is 31.1 Å². The zero-order chi connectivity index (χ0) is 27.1. The van der Waals surface area contributed by atoms with E-state index in [1.807, 2.05) is 43.0 Å². The molecule has 1 N–H and O–H groups in total. The molecule has 0 fully saturated rings. The first kappa shape index (κ1) is 26.6.